The molecule has 0 amide bonds. The molecule has 0 atom stereocenters. The van der Waals surface area contributed by atoms with E-state index in [0.29, 0.717) is 0 Å². The molecule has 1 aliphatic rings. The average molecular weight is 251 g/mol. The van der Waals surface area contributed by atoms with Crippen LogP contribution < -0.4 is 0 Å². The first kappa shape index (κ1) is 13.1. The second-order valence-corrected chi connectivity index (χ2v) is 5.08. The Morgan fingerprint density at radius 2 is 2.11 bits per heavy atom. The third-order valence-electron chi connectivity index (χ3n) is 4.18. The molecule has 0 radical (unpaired) electrons. The Morgan fingerprint density at radius 3 is 2.61 bits per heavy atom. The van der Waals surface area contributed by atoms with Gasteiger partial charge in [0.05, 0.1) is 11.7 Å². The molecule has 1 fully saturated rings. The van der Waals surface area contributed by atoms with Gasteiger partial charge in [-0.25, -0.2) is 4.98 Å². The van der Waals surface area contributed by atoms with Crippen LogP contribution in [0.1, 0.15) is 26.2 Å². The highest BCUT2D eigenvalue weighted by molar-refractivity contribution is 5.74. The van der Waals surface area contributed by atoms with Crippen LogP contribution in [0.4, 0.5) is 0 Å². The summed E-state index contributed by atoms with van der Waals surface area (Å²) in [5, 5.41) is 9.32. The molecule has 0 bridgehead atoms. The second kappa shape index (κ2) is 5.52. The van der Waals surface area contributed by atoms with Crippen molar-refractivity contribution in [1.82, 2.24) is 14.5 Å². The molecule has 0 aromatic carbocycles. The lowest BCUT2D eigenvalue weighted by atomic mass is 9.76. The van der Waals surface area contributed by atoms with Gasteiger partial charge in [-0.3, -0.25) is 4.79 Å². The number of piperidine rings is 1. The van der Waals surface area contributed by atoms with Gasteiger partial charge in [0.15, 0.2) is 0 Å². The number of rotatable bonds is 5. The molecule has 2 rings (SSSR count). The first-order valence-electron chi connectivity index (χ1n) is 6.58. The van der Waals surface area contributed by atoms with Crippen LogP contribution in [0.25, 0.3) is 0 Å². The first-order valence-corrected chi connectivity index (χ1v) is 6.58. The van der Waals surface area contributed by atoms with Crippen molar-refractivity contribution in [2.45, 2.75) is 32.7 Å². The highest BCUT2D eigenvalue weighted by Gasteiger charge is 2.39. The van der Waals surface area contributed by atoms with Crippen molar-refractivity contribution in [3.8, 4) is 0 Å². The molecular formula is C13H21N3O2. The van der Waals surface area contributed by atoms with E-state index < -0.39 is 11.4 Å². The Morgan fingerprint density at radius 1 is 1.39 bits per heavy atom. The zero-order chi connectivity index (χ0) is 13.0. The fraction of sp³-hybridized carbons (Fsp3) is 0.692. The van der Waals surface area contributed by atoms with Crippen molar-refractivity contribution in [1.29, 1.82) is 0 Å². The van der Waals surface area contributed by atoms with E-state index in [1.165, 1.54) is 0 Å². The average Bonchev–Trinajstić information content (AvgIpc) is 2.90. The van der Waals surface area contributed by atoms with Gasteiger partial charge in [-0.05, 0) is 32.4 Å². The summed E-state index contributed by atoms with van der Waals surface area (Å²) >= 11 is 0. The van der Waals surface area contributed by atoms with Crippen LogP contribution in [0.3, 0.4) is 0 Å². The molecule has 100 valence electrons. The van der Waals surface area contributed by atoms with Crippen LogP contribution in [-0.2, 0) is 11.3 Å². The molecular weight excluding hydrogens is 230 g/mol. The van der Waals surface area contributed by atoms with E-state index in [1.807, 2.05) is 19.4 Å². The Labute approximate surface area is 107 Å². The summed E-state index contributed by atoms with van der Waals surface area (Å²) in [5.74, 6) is -0.626. The fourth-order valence-electron chi connectivity index (χ4n) is 2.60. The highest BCUT2D eigenvalue weighted by atomic mass is 16.4. The molecule has 0 saturated carbocycles. The maximum atomic E-state index is 11.3. The number of hydrogen-bond acceptors (Lipinski definition) is 3. The quantitative estimate of drug-likeness (QED) is 0.860. The normalized spacial score (nSPS) is 19.8. The number of nitrogens with zero attached hydrogens (tertiary/aromatic N) is 3. The summed E-state index contributed by atoms with van der Waals surface area (Å²) in [7, 11) is 0. The van der Waals surface area contributed by atoms with Gasteiger partial charge in [0.25, 0.3) is 0 Å². The Bertz CT molecular complexity index is 381. The van der Waals surface area contributed by atoms with Crippen molar-refractivity contribution in [3.05, 3.63) is 18.7 Å². The minimum absolute atomic E-state index is 0.481. The van der Waals surface area contributed by atoms with E-state index in [2.05, 4.69) is 14.5 Å². The standard InChI is InChI=1S/C13H21N3O2/c1-2-13(12(17)18)3-6-15(7-4-13)9-10-16-8-5-14-11-16/h5,8,11H,2-4,6-7,9-10H2,1H3,(H,17,18). The van der Waals surface area contributed by atoms with E-state index in [1.54, 1.807) is 6.20 Å². The monoisotopic (exact) mass is 251 g/mol. The number of imidazole rings is 1. The van der Waals surface area contributed by atoms with E-state index >= 15 is 0 Å². The predicted molar refractivity (Wildman–Crippen MR) is 68.3 cm³/mol. The third-order valence-corrected chi connectivity index (χ3v) is 4.18. The summed E-state index contributed by atoms with van der Waals surface area (Å²) in [5.41, 5.74) is -0.481. The number of aliphatic carboxylic acids is 1. The molecule has 1 N–H and O–H groups in total. The maximum Gasteiger partial charge on any atom is 0.309 e. The van der Waals surface area contributed by atoms with Gasteiger partial charge in [0.2, 0.25) is 0 Å². The number of carboxylic acid groups (broad SMARTS) is 1. The lowest BCUT2D eigenvalue weighted by Crippen LogP contribution is -2.44. The molecule has 18 heavy (non-hydrogen) atoms. The van der Waals surface area contributed by atoms with Gasteiger partial charge in [-0.1, -0.05) is 6.92 Å². The van der Waals surface area contributed by atoms with Crippen molar-refractivity contribution in [3.63, 3.8) is 0 Å². The van der Waals surface area contributed by atoms with E-state index in [4.69, 9.17) is 0 Å². The van der Waals surface area contributed by atoms with Gasteiger partial charge >= 0.3 is 5.97 Å². The highest BCUT2D eigenvalue weighted by Crippen LogP contribution is 2.34. The topological polar surface area (TPSA) is 58.4 Å². The summed E-state index contributed by atoms with van der Waals surface area (Å²) in [4.78, 5) is 17.7. The SMILES string of the molecule is CCC1(C(=O)O)CCN(CCn2ccnc2)CC1. The van der Waals surface area contributed by atoms with E-state index in [9.17, 15) is 9.90 Å². The summed E-state index contributed by atoms with van der Waals surface area (Å²) < 4.78 is 2.05. The number of carbonyl (C=O) groups is 1. The van der Waals surface area contributed by atoms with Crippen LogP contribution in [0.15, 0.2) is 18.7 Å². The summed E-state index contributed by atoms with van der Waals surface area (Å²) in [6.45, 7) is 5.64. The van der Waals surface area contributed by atoms with Crippen LogP contribution in [0.5, 0.6) is 0 Å². The first-order chi connectivity index (χ1) is 8.66. The molecule has 1 aromatic heterocycles. The van der Waals surface area contributed by atoms with Gasteiger partial charge in [0, 0.05) is 25.5 Å². The summed E-state index contributed by atoms with van der Waals surface area (Å²) in [6.07, 6.45) is 7.82. The zero-order valence-electron chi connectivity index (χ0n) is 10.9. The molecule has 0 spiro atoms. The number of hydrogen-bond donors (Lipinski definition) is 1. The Hall–Kier alpha value is -1.36. The Balaban J connectivity index is 1.81. The van der Waals surface area contributed by atoms with Crippen LogP contribution in [0, 0.1) is 5.41 Å². The van der Waals surface area contributed by atoms with Gasteiger partial charge in [0.1, 0.15) is 0 Å². The molecule has 5 heteroatoms. The molecule has 1 aliphatic heterocycles. The number of carboxylic acids is 1. The third kappa shape index (κ3) is 2.72. The lowest BCUT2D eigenvalue weighted by Gasteiger charge is -2.38. The second-order valence-electron chi connectivity index (χ2n) is 5.08. The van der Waals surface area contributed by atoms with Crippen LogP contribution in [0.2, 0.25) is 0 Å². The smallest absolute Gasteiger partial charge is 0.309 e. The van der Waals surface area contributed by atoms with Crippen molar-refractivity contribution in [2.75, 3.05) is 19.6 Å². The van der Waals surface area contributed by atoms with Gasteiger partial charge in [-0.15, -0.1) is 0 Å². The van der Waals surface area contributed by atoms with Gasteiger partial charge < -0.3 is 14.6 Å². The minimum atomic E-state index is -0.626. The van der Waals surface area contributed by atoms with E-state index in [-0.39, 0.29) is 0 Å². The zero-order valence-corrected chi connectivity index (χ0v) is 10.9. The molecule has 0 unspecified atom stereocenters. The van der Waals surface area contributed by atoms with Crippen molar-refractivity contribution >= 4 is 5.97 Å². The number of aromatic nitrogens is 2. The number of likely N-dealkylation sites (tertiary alicyclic amines) is 1. The van der Waals surface area contributed by atoms with Crippen LogP contribution >= 0.6 is 0 Å². The fourth-order valence-corrected chi connectivity index (χ4v) is 2.60. The molecule has 2 heterocycles. The summed E-state index contributed by atoms with van der Waals surface area (Å²) in [6, 6.07) is 0. The largest absolute Gasteiger partial charge is 0.481 e. The Kier molecular flexibility index (Phi) is 4.01. The minimum Gasteiger partial charge on any atom is -0.481 e. The van der Waals surface area contributed by atoms with Gasteiger partial charge in [-0.2, -0.15) is 0 Å². The van der Waals surface area contributed by atoms with Crippen LogP contribution in [-0.4, -0.2) is 45.2 Å². The van der Waals surface area contributed by atoms with Crippen molar-refractivity contribution in [2.24, 2.45) is 5.41 Å². The molecule has 1 aromatic rings. The predicted octanol–water partition coefficient (Wildman–Crippen LogP) is 1.46. The lowest BCUT2D eigenvalue weighted by molar-refractivity contribution is -0.152. The maximum absolute atomic E-state index is 11.3. The van der Waals surface area contributed by atoms with Crippen molar-refractivity contribution < 1.29 is 9.90 Å². The van der Waals surface area contributed by atoms with E-state index in [0.717, 1.165) is 45.4 Å². The molecule has 5 nitrogen and oxygen atoms in total. The molecule has 1 saturated heterocycles. The molecule has 0 aliphatic carbocycles.